The van der Waals surface area contributed by atoms with Gasteiger partial charge in [0.15, 0.2) is 5.60 Å². The van der Waals surface area contributed by atoms with Gasteiger partial charge >= 0.3 is 0 Å². The Kier molecular flexibility index (Phi) is 1.94. The Morgan fingerprint density at radius 2 is 2.07 bits per heavy atom. The summed E-state index contributed by atoms with van der Waals surface area (Å²) >= 11 is 0. The highest BCUT2D eigenvalue weighted by molar-refractivity contribution is 5.89. The molecule has 1 fully saturated rings. The van der Waals surface area contributed by atoms with E-state index >= 15 is 0 Å². The van der Waals surface area contributed by atoms with Crippen LogP contribution >= 0.6 is 0 Å². The summed E-state index contributed by atoms with van der Waals surface area (Å²) in [5.41, 5.74) is -1.44. The van der Waals surface area contributed by atoms with E-state index in [2.05, 4.69) is 5.32 Å². The Morgan fingerprint density at radius 3 is 2.64 bits per heavy atom. The molecule has 78 valence electrons. The average molecular weight is 197 g/mol. The third-order valence-corrected chi connectivity index (χ3v) is 3.46. The van der Waals surface area contributed by atoms with Crippen molar-refractivity contribution in [1.29, 1.82) is 0 Å². The molecule has 0 spiro atoms. The molecule has 5 atom stereocenters. The van der Waals surface area contributed by atoms with E-state index in [1.54, 1.807) is 6.92 Å². The molecule has 0 unspecified atom stereocenters. The van der Waals surface area contributed by atoms with Crippen molar-refractivity contribution < 1.29 is 15.0 Å². The maximum atomic E-state index is 11.5. The number of allylic oxidation sites excluding steroid dienone is 1. The lowest BCUT2D eigenvalue weighted by Crippen LogP contribution is -2.51. The topological polar surface area (TPSA) is 69.6 Å². The van der Waals surface area contributed by atoms with Crippen molar-refractivity contribution >= 4 is 5.91 Å². The summed E-state index contributed by atoms with van der Waals surface area (Å²) in [6.07, 6.45) is 2.83. The van der Waals surface area contributed by atoms with Crippen molar-refractivity contribution in [2.24, 2.45) is 17.8 Å². The monoisotopic (exact) mass is 197 g/mol. The predicted octanol–water partition coefficient (Wildman–Crippen LogP) is -0.376. The van der Waals surface area contributed by atoms with Gasteiger partial charge in [-0.2, -0.15) is 0 Å². The van der Waals surface area contributed by atoms with E-state index < -0.39 is 23.7 Å². The van der Waals surface area contributed by atoms with Gasteiger partial charge in [0.05, 0.1) is 0 Å². The fourth-order valence-electron chi connectivity index (χ4n) is 2.54. The van der Waals surface area contributed by atoms with Crippen LogP contribution in [0.4, 0.5) is 0 Å². The SMILES string of the molecule is C[C@H]1C=C[C@H](C)[C@@]2(O)C(=O)N[C@@H](O)[C@H]12. The molecule has 4 heteroatoms. The van der Waals surface area contributed by atoms with E-state index in [1.807, 2.05) is 19.1 Å². The van der Waals surface area contributed by atoms with Gasteiger partial charge in [0.25, 0.3) is 5.91 Å². The average Bonchev–Trinajstić information content (AvgIpc) is 2.34. The summed E-state index contributed by atoms with van der Waals surface area (Å²) < 4.78 is 0. The lowest BCUT2D eigenvalue weighted by atomic mass is 9.69. The van der Waals surface area contributed by atoms with E-state index in [4.69, 9.17) is 0 Å². The quantitative estimate of drug-likeness (QED) is 0.464. The number of rotatable bonds is 0. The summed E-state index contributed by atoms with van der Waals surface area (Å²) in [5, 5.41) is 22.3. The van der Waals surface area contributed by atoms with Gasteiger partial charge < -0.3 is 15.5 Å². The Bertz CT molecular complexity index is 302. The van der Waals surface area contributed by atoms with E-state index in [1.165, 1.54) is 0 Å². The fourth-order valence-corrected chi connectivity index (χ4v) is 2.54. The molecule has 1 amide bonds. The van der Waals surface area contributed by atoms with Crippen LogP contribution < -0.4 is 5.32 Å². The maximum absolute atomic E-state index is 11.5. The fraction of sp³-hybridized carbons (Fsp3) is 0.700. The van der Waals surface area contributed by atoms with Gasteiger partial charge in [-0.15, -0.1) is 0 Å². The number of amides is 1. The first-order valence-electron chi connectivity index (χ1n) is 4.87. The van der Waals surface area contributed by atoms with E-state index in [0.717, 1.165) is 0 Å². The molecule has 1 aliphatic carbocycles. The molecule has 2 rings (SSSR count). The molecule has 0 bridgehead atoms. The normalized spacial score (nSPS) is 51.6. The highest BCUT2D eigenvalue weighted by Gasteiger charge is 2.59. The van der Waals surface area contributed by atoms with Gasteiger partial charge in [-0.25, -0.2) is 0 Å². The number of aliphatic hydroxyl groups is 2. The molecule has 0 radical (unpaired) electrons. The van der Waals surface area contributed by atoms with Gasteiger partial charge in [-0.1, -0.05) is 26.0 Å². The Labute approximate surface area is 82.6 Å². The number of aliphatic hydroxyl groups excluding tert-OH is 1. The zero-order chi connectivity index (χ0) is 10.5. The Hall–Kier alpha value is -0.870. The van der Waals surface area contributed by atoms with Crippen LogP contribution in [-0.2, 0) is 4.79 Å². The van der Waals surface area contributed by atoms with Crippen molar-refractivity contribution in [2.45, 2.75) is 25.7 Å². The number of carbonyl (C=O) groups excluding carboxylic acids is 1. The predicted molar refractivity (Wildman–Crippen MR) is 50.1 cm³/mol. The molecule has 1 saturated heterocycles. The number of fused-ring (bicyclic) bond motifs is 1. The van der Waals surface area contributed by atoms with E-state index in [9.17, 15) is 15.0 Å². The van der Waals surface area contributed by atoms with Gasteiger partial charge in [0.2, 0.25) is 0 Å². The van der Waals surface area contributed by atoms with Crippen LogP contribution in [0.25, 0.3) is 0 Å². The third kappa shape index (κ3) is 0.980. The highest BCUT2D eigenvalue weighted by atomic mass is 16.3. The molecule has 3 N–H and O–H groups in total. The minimum Gasteiger partial charge on any atom is -0.379 e. The second-order valence-corrected chi connectivity index (χ2v) is 4.30. The minimum absolute atomic E-state index is 0.00477. The first-order chi connectivity index (χ1) is 6.48. The molecular formula is C10H15NO3. The first-order valence-corrected chi connectivity index (χ1v) is 4.87. The summed E-state index contributed by atoms with van der Waals surface area (Å²) in [5.74, 6) is -1.14. The second kappa shape index (κ2) is 2.81. The molecule has 0 saturated carbocycles. The number of nitrogens with one attached hydrogen (secondary N) is 1. The van der Waals surface area contributed by atoms with E-state index in [-0.39, 0.29) is 11.8 Å². The van der Waals surface area contributed by atoms with Crippen LogP contribution in [0.2, 0.25) is 0 Å². The smallest absolute Gasteiger partial charge is 0.255 e. The molecule has 0 aromatic rings. The molecule has 4 nitrogen and oxygen atoms in total. The molecule has 1 aliphatic heterocycles. The molecule has 1 heterocycles. The molecule has 0 aromatic heterocycles. The largest absolute Gasteiger partial charge is 0.379 e. The molecular weight excluding hydrogens is 182 g/mol. The lowest BCUT2D eigenvalue weighted by molar-refractivity contribution is -0.145. The molecule has 0 aromatic carbocycles. The van der Waals surface area contributed by atoms with Gasteiger partial charge in [0.1, 0.15) is 6.23 Å². The van der Waals surface area contributed by atoms with Crippen LogP contribution in [0.3, 0.4) is 0 Å². The van der Waals surface area contributed by atoms with E-state index in [0.29, 0.717) is 0 Å². The third-order valence-electron chi connectivity index (χ3n) is 3.46. The zero-order valence-corrected chi connectivity index (χ0v) is 8.27. The van der Waals surface area contributed by atoms with Gasteiger partial charge in [-0.3, -0.25) is 4.79 Å². The van der Waals surface area contributed by atoms with Crippen LogP contribution in [0.5, 0.6) is 0 Å². The van der Waals surface area contributed by atoms with Gasteiger partial charge in [0, 0.05) is 11.8 Å². The van der Waals surface area contributed by atoms with Crippen LogP contribution in [-0.4, -0.2) is 27.9 Å². The Morgan fingerprint density at radius 1 is 1.43 bits per heavy atom. The van der Waals surface area contributed by atoms with Crippen LogP contribution in [0, 0.1) is 17.8 Å². The summed E-state index contributed by atoms with van der Waals surface area (Å²) in [7, 11) is 0. The first kappa shape index (κ1) is 9.68. The highest BCUT2D eigenvalue weighted by Crippen LogP contribution is 2.42. The molecule has 14 heavy (non-hydrogen) atoms. The summed E-state index contributed by atoms with van der Waals surface area (Å²) in [4.78, 5) is 11.5. The van der Waals surface area contributed by atoms with Crippen molar-refractivity contribution in [3.8, 4) is 0 Å². The van der Waals surface area contributed by atoms with Crippen molar-refractivity contribution in [3.63, 3.8) is 0 Å². The zero-order valence-electron chi connectivity index (χ0n) is 8.27. The Balaban J connectivity index is 2.46. The van der Waals surface area contributed by atoms with Crippen LogP contribution in [0.1, 0.15) is 13.8 Å². The molecule has 2 aliphatic rings. The summed E-state index contributed by atoms with van der Waals surface area (Å²) in [6, 6.07) is 0. The number of hydrogen-bond acceptors (Lipinski definition) is 3. The second-order valence-electron chi connectivity index (χ2n) is 4.30. The minimum atomic E-state index is -1.44. The summed E-state index contributed by atoms with van der Waals surface area (Å²) in [6.45, 7) is 3.68. The van der Waals surface area contributed by atoms with Crippen molar-refractivity contribution in [3.05, 3.63) is 12.2 Å². The number of carbonyl (C=O) groups is 1. The number of hydrogen-bond donors (Lipinski definition) is 3. The van der Waals surface area contributed by atoms with Crippen molar-refractivity contribution in [1.82, 2.24) is 5.32 Å². The van der Waals surface area contributed by atoms with Crippen molar-refractivity contribution in [2.75, 3.05) is 0 Å². The lowest BCUT2D eigenvalue weighted by Gasteiger charge is -2.38. The standard InChI is InChI=1S/C10H15NO3/c1-5-3-4-6(2)10(14)7(5)8(12)11-9(10)13/h3-8,12,14H,1-2H3,(H,11,13)/t5-,6-,7-,8-,10-/m0/s1. The van der Waals surface area contributed by atoms with Crippen LogP contribution in [0.15, 0.2) is 12.2 Å². The maximum Gasteiger partial charge on any atom is 0.255 e. The van der Waals surface area contributed by atoms with Gasteiger partial charge in [-0.05, 0) is 5.92 Å².